The van der Waals surface area contributed by atoms with Crippen LogP contribution in [0, 0.1) is 0 Å². The highest BCUT2D eigenvalue weighted by molar-refractivity contribution is 14.0. The second-order valence-electron chi connectivity index (χ2n) is 8.01. The van der Waals surface area contributed by atoms with E-state index in [9.17, 15) is 0 Å². The average molecular weight is 562 g/mol. The normalized spacial score (nSPS) is 20.2. The highest BCUT2D eigenvalue weighted by atomic mass is 127. The van der Waals surface area contributed by atoms with Crippen LogP contribution in [0.25, 0.3) is 0 Å². The lowest BCUT2D eigenvalue weighted by Crippen LogP contribution is -2.47. The predicted octanol–water partition coefficient (Wildman–Crippen LogP) is 2.44. The summed E-state index contributed by atoms with van der Waals surface area (Å²) < 4.78 is 22.3. The van der Waals surface area contributed by atoms with Crippen molar-refractivity contribution in [3.63, 3.8) is 0 Å². The Morgan fingerprint density at radius 3 is 2.31 bits per heavy atom. The minimum Gasteiger partial charge on any atom is -0.497 e. The number of methoxy groups -OCH3 is 2. The van der Waals surface area contributed by atoms with Crippen LogP contribution in [-0.2, 0) is 14.2 Å². The maximum absolute atomic E-state index is 5.84. The van der Waals surface area contributed by atoms with Crippen LogP contribution in [0.1, 0.15) is 31.4 Å². The first-order valence-electron chi connectivity index (χ1n) is 11.3. The Balaban J connectivity index is 0.00000363. The standard InChI is InChI=1S/C23H38N4O4.HI/c1-4-24-22(26-18-23(29-3)9-13-30-14-10-23)25-17-21(27-11-15-31-16-12-27)19-5-7-20(28-2)8-6-19;/h5-8,21H,4,9-18H2,1-3H3,(H2,24,25,26);1H. The van der Waals surface area contributed by atoms with Gasteiger partial charge in [0, 0.05) is 59.3 Å². The van der Waals surface area contributed by atoms with Crippen molar-refractivity contribution in [1.82, 2.24) is 15.5 Å². The Morgan fingerprint density at radius 1 is 1.06 bits per heavy atom. The zero-order chi connectivity index (χ0) is 21.9. The Labute approximate surface area is 209 Å². The van der Waals surface area contributed by atoms with E-state index in [1.54, 1.807) is 14.2 Å². The van der Waals surface area contributed by atoms with Gasteiger partial charge in [-0.3, -0.25) is 9.89 Å². The van der Waals surface area contributed by atoms with Crippen molar-refractivity contribution in [3.8, 4) is 5.75 Å². The molecule has 2 aliphatic rings. The SMILES string of the molecule is CCNC(=NCC1(OC)CCOCC1)NCC(c1ccc(OC)cc1)N1CCOCC1.I. The van der Waals surface area contributed by atoms with Crippen molar-refractivity contribution in [2.45, 2.75) is 31.4 Å². The smallest absolute Gasteiger partial charge is 0.191 e. The van der Waals surface area contributed by atoms with Gasteiger partial charge < -0.3 is 29.6 Å². The lowest BCUT2D eigenvalue weighted by molar-refractivity contribution is -0.0828. The Bertz CT molecular complexity index is 677. The molecule has 3 rings (SSSR count). The number of hydrogen-bond donors (Lipinski definition) is 2. The fourth-order valence-electron chi connectivity index (χ4n) is 4.10. The maximum atomic E-state index is 5.84. The van der Waals surface area contributed by atoms with E-state index in [0.717, 1.165) is 77.2 Å². The van der Waals surface area contributed by atoms with E-state index in [1.807, 2.05) is 12.1 Å². The predicted molar refractivity (Wildman–Crippen MR) is 137 cm³/mol. The van der Waals surface area contributed by atoms with Crippen LogP contribution in [0.15, 0.2) is 29.3 Å². The van der Waals surface area contributed by atoms with Gasteiger partial charge in [-0.1, -0.05) is 12.1 Å². The fourth-order valence-corrected chi connectivity index (χ4v) is 4.10. The van der Waals surface area contributed by atoms with Crippen LogP contribution in [0.4, 0.5) is 0 Å². The average Bonchev–Trinajstić information content (AvgIpc) is 2.84. The van der Waals surface area contributed by atoms with Gasteiger partial charge >= 0.3 is 0 Å². The maximum Gasteiger partial charge on any atom is 0.191 e. The molecule has 1 unspecified atom stereocenters. The highest BCUT2D eigenvalue weighted by Gasteiger charge is 2.32. The monoisotopic (exact) mass is 562 g/mol. The fraction of sp³-hybridized carbons (Fsp3) is 0.696. The van der Waals surface area contributed by atoms with Crippen molar-refractivity contribution >= 4 is 29.9 Å². The molecule has 1 aromatic rings. The molecule has 0 aromatic heterocycles. The van der Waals surface area contributed by atoms with Gasteiger partial charge in [0.25, 0.3) is 0 Å². The molecule has 2 fully saturated rings. The van der Waals surface area contributed by atoms with Gasteiger partial charge in [0.2, 0.25) is 0 Å². The van der Waals surface area contributed by atoms with Crippen LogP contribution < -0.4 is 15.4 Å². The second-order valence-corrected chi connectivity index (χ2v) is 8.01. The first-order valence-corrected chi connectivity index (χ1v) is 11.3. The van der Waals surface area contributed by atoms with E-state index in [1.165, 1.54) is 5.56 Å². The summed E-state index contributed by atoms with van der Waals surface area (Å²) in [6.45, 7) is 9.07. The quantitative estimate of drug-likeness (QED) is 0.272. The molecule has 182 valence electrons. The molecule has 0 bridgehead atoms. The molecule has 0 aliphatic carbocycles. The number of morpholine rings is 1. The van der Waals surface area contributed by atoms with Gasteiger partial charge in [0.1, 0.15) is 5.75 Å². The molecule has 0 saturated carbocycles. The Kier molecular flexibility index (Phi) is 12.0. The molecule has 1 aromatic carbocycles. The molecule has 32 heavy (non-hydrogen) atoms. The third kappa shape index (κ3) is 7.72. The van der Waals surface area contributed by atoms with E-state index in [2.05, 4.69) is 34.6 Å². The van der Waals surface area contributed by atoms with Crippen LogP contribution in [0.2, 0.25) is 0 Å². The summed E-state index contributed by atoms with van der Waals surface area (Å²) in [6.07, 6.45) is 1.74. The zero-order valence-corrected chi connectivity index (χ0v) is 21.9. The summed E-state index contributed by atoms with van der Waals surface area (Å²) >= 11 is 0. The van der Waals surface area contributed by atoms with Gasteiger partial charge in [0.15, 0.2) is 5.96 Å². The number of hydrogen-bond acceptors (Lipinski definition) is 6. The van der Waals surface area contributed by atoms with Crippen molar-refractivity contribution < 1.29 is 18.9 Å². The molecule has 8 nitrogen and oxygen atoms in total. The second kappa shape index (κ2) is 14.2. The van der Waals surface area contributed by atoms with Crippen LogP contribution in [-0.4, -0.2) is 89.8 Å². The molecular weight excluding hydrogens is 523 g/mol. The number of ether oxygens (including phenoxy) is 4. The molecule has 2 saturated heterocycles. The molecule has 2 N–H and O–H groups in total. The third-order valence-corrected chi connectivity index (χ3v) is 6.16. The van der Waals surface area contributed by atoms with E-state index < -0.39 is 0 Å². The van der Waals surface area contributed by atoms with Gasteiger partial charge in [-0.05, 0) is 24.6 Å². The molecule has 2 aliphatic heterocycles. The lowest BCUT2D eigenvalue weighted by Gasteiger charge is -2.36. The summed E-state index contributed by atoms with van der Waals surface area (Å²) in [5.74, 6) is 1.69. The molecule has 1 atom stereocenters. The molecule has 2 heterocycles. The van der Waals surface area contributed by atoms with E-state index in [0.29, 0.717) is 6.54 Å². The van der Waals surface area contributed by atoms with Crippen molar-refractivity contribution in [3.05, 3.63) is 29.8 Å². The number of aliphatic imine (C=N–C) groups is 1. The van der Waals surface area contributed by atoms with Crippen molar-refractivity contribution in [2.24, 2.45) is 4.99 Å². The van der Waals surface area contributed by atoms with Gasteiger partial charge in [-0.15, -0.1) is 24.0 Å². The topological polar surface area (TPSA) is 76.6 Å². The minimum absolute atomic E-state index is 0. The summed E-state index contributed by atoms with van der Waals surface area (Å²) in [5, 5.41) is 6.94. The highest BCUT2D eigenvalue weighted by Crippen LogP contribution is 2.25. The van der Waals surface area contributed by atoms with E-state index in [4.69, 9.17) is 23.9 Å². The third-order valence-electron chi connectivity index (χ3n) is 6.16. The number of nitrogens with zero attached hydrogens (tertiary/aromatic N) is 2. The number of rotatable bonds is 9. The van der Waals surface area contributed by atoms with Crippen LogP contribution >= 0.6 is 24.0 Å². The zero-order valence-electron chi connectivity index (χ0n) is 19.6. The molecule has 0 spiro atoms. The summed E-state index contributed by atoms with van der Waals surface area (Å²) in [7, 11) is 3.47. The lowest BCUT2D eigenvalue weighted by atomic mass is 9.94. The summed E-state index contributed by atoms with van der Waals surface area (Å²) in [4.78, 5) is 7.34. The minimum atomic E-state index is -0.236. The van der Waals surface area contributed by atoms with Crippen LogP contribution in [0.5, 0.6) is 5.75 Å². The van der Waals surface area contributed by atoms with Gasteiger partial charge in [0.05, 0.1) is 38.5 Å². The molecule has 9 heteroatoms. The van der Waals surface area contributed by atoms with E-state index in [-0.39, 0.29) is 35.6 Å². The molecular formula is C23H39IN4O4. The molecule has 0 radical (unpaired) electrons. The van der Waals surface area contributed by atoms with Crippen molar-refractivity contribution in [1.29, 1.82) is 0 Å². The number of guanidine groups is 1. The van der Waals surface area contributed by atoms with Crippen molar-refractivity contribution in [2.75, 3.05) is 73.4 Å². The largest absolute Gasteiger partial charge is 0.497 e. The van der Waals surface area contributed by atoms with Gasteiger partial charge in [-0.2, -0.15) is 0 Å². The molecule has 0 amide bonds. The number of halogens is 1. The summed E-state index contributed by atoms with van der Waals surface area (Å²) in [6, 6.07) is 8.56. The summed E-state index contributed by atoms with van der Waals surface area (Å²) in [5.41, 5.74) is 1.02. The van der Waals surface area contributed by atoms with Gasteiger partial charge in [-0.25, -0.2) is 0 Å². The van der Waals surface area contributed by atoms with E-state index >= 15 is 0 Å². The Morgan fingerprint density at radius 2 is 1.72 bits per heavy atom. The number of benzene rings is 1. The first-order chi connectivity index (χ1) is 15.2. The van der Waals surface area contributed by atoms with Crippen LogP contribution in [0.3, 0.4) is 0 Å². The Hall–Kier alpha value is -1.14. The number of nitrogens with one attached hydrogen (secondary N) is 2. The first kappa shape index (κ1) is 27.1.